The summed E-state index contributed by atoms with van der Waals surface area (Å²) >= 11 is 0. The summed E-state index contributed by atoms with van der Waals surface area (Å²) in [5.74, 6) is 1.27. The van der Waals surface area contributed by atoms with E-state index in [1.54, 1.807) is 24.5 Å². The molecule has 1 aliphatic heterocycles. The van der Waals surface area contributed by atoms with Crippen molar-refractivity contribution < 1.29 is 23.1 Å². The highest BCUT2D eigenvalue weighted by atomic mass is 19.1. The average molecular weight is 381 g/mol. The summed E-state index contributed by atoms with van der Waals surface area (Å²) in [6.07, 6.45) is 2.66. The van der Waals surface area contributed by atoms with Crippen molar-refractivity contribution in [1.29, 1.82) is 0 Å². The van der Waals surface area contributed by atoms with Crippen molar-refractivity contribution >= 4 is 5.91 Å². The molecule has 4 rings (SSSR count). The molecule has 2 heterocycles. The molecule has 0 fully saturated rings. The zero-order valence-corrected chi connectivity index (χ0v) is 15.2. The molecule has 1 aliphatic rings. The second-order valence-corrected chi connectivity index (χ2v) is 6.62. The number of furan rings is 1. The lowest BCUT2D eigenvalue weighted by atomic mass is 9.93. The van der Waals surface area contributed by atoms with Gasteiger partial charge < -0.3 is 19.2 Å². The van der Waals surface area contributed by atoms with Crippen LogP contribution in [0.5, 0.6) is 11.5 Å². The lowest BCUT2D eigenvalue weighted by Gasteiger charge is -2.16. The molecule has 1 amide bonds. The van der Waals surface area contributed by atoms with Crippen molar-refractivity contribution in [2.45, 2.75) is 18.8 Å². The summed E-state index contributed by atoms with van der Waals surface area (Å²) in [5, 5.41) is 2.98. The van der Waals surface area contributed by atoms with E-state index in [0.29, 0.717) is 25.1 Å². The summed E-state index contributed by atoms with van der Waals surface area (Å²) in [7, 11) is 0. The second kappa shape index (κ2) is 8.17. The third kappa shape index (κ3) is 4.17. The van der Waals surface area contributed by atoms with Crippen LogP contribution in [0.1, 0.15) is 22.8 Å². The summed E-state index contributed by atoms with van der Waals surface area (Å²) in [6.45, 7) is 0.718. The van der Waals surface area contributed by atoms with E-state index in [1.807, 2.05) is 24.3 Å². The third-order valence-electron chi connectivity index (χ3n) is 4.72. The van der Waals surface area contributed by atoms with Gasteiger partial charge in [0.25, 0.3) is 0 Å². The van der Waals surface area contributed by atoms with E-state index in [4.69, 9.17) is 13.9 Å². The number of carbonyl (C=O) groups excluding carboxylic acids is 1. The SMILES string of the molecule is O=C(NCCc1ccc2c(c1)OCO2)C(Cc1ccco1)c1ccc(F)cc1. The molecule has 28 heavy (non-hydrogen) atoms. The number of nitrogens with one attached hydrogen (secondary N) is 1. The zero-order valence-electron chi connectivity index (χ0n) is 15.2. The monoisotopic (exact) mass is 381 g/mol. The molecule has 1 aromatic heterocycles. The van der Waals surface area contributed by atoms with Crippen molar-refractivity contribution in [2.75, 3.05) is 13.3 Å². The van der Waals surface area contributed by atoms with Gasteiger partial charge in [-0.15, -0.1) is 0 Å². The predicted octanol–water partition coefficient (Wildman–Crippen LogP) is 3.83. The predicted molar refractivity (Wildman–Crippen MR) is 101 cm³/mol. The van der Waals surface area contributed by atoms with Crippen LogP contribution in [0, 0.1) is 5.82 Å². The minimum absolute atomic E-state index is 0.122. The summed E-state index contributed by atoms with van der Waals surface area (Å²) < 4.78 is 29.4. The maximum atomic E-state index is 13.3. The highest BCUT2D eigenvalue weighted by Crippen LogP contribution is 2.32. The summed E-state index contributed by atoms with van der Waals surface area (Å²) in [5.41, 5.74) is 1.80. The van der Waals surface area contributed by atoms with Gasteiger partial charge in [-0.1, -0.05) is 18.2 Å². The highest BCUT2D eigenvalue weighted by molar-refractivity contribution is 5.83. The van der Waals surface area contributed by atoms with Crippen LogP contribution in [0.4, 0.5) is 4.39 Å². The Morgan fingerprint density at radius 3 is 2.68 bits per heavy atom. The van der Waals surface area contributed by atoms with Gasteiger partial charge >= 0.3 is 0 Å². The molecule has 0 spiro atoms. The standard InChI is InChI=1S/C22H20FNO4/c23-17-6-4-16(5-7-17)19(13-18-2-1-11-26-18)22(25)24-10-9-15-3-8-20-21(12-15)28-14-27-20/h1-8,11-12,19H,9-10,13-14H2,(H,24,25). The van der Waals surface area contributed by atoms with E-state index in [-0.39, 0.29) is 18.5 Å². The quantitative estimate of drug-likeness (QED) is 0.676. The van der Waals surface area contributed by atoms with Crippen LogP contribution in [-0.4, -0.2) is 19.2 Å². The molecule has 0 aliphatic carbocycles. The zero-order chi connectivity index (χ0) is 19.3. The topological polar surface area (TPSA) is 60.7 Å². The van der Waals surface area contributed by atoms with E-state index < -0.39 is 5.92 Å². The number of halogens is 1. The van der Waals surface area contributed by atoms with Crippen molar-refractivity contribution in [1.82, 2.24) is 5.32 Å². The van der Waals surface area contributed by atoms with Gasteiger partial charge in [0.05, 0.1) is 12.2 Å². The van der Waals surface area contributed by atoms with Gasteiger partial charge in [-0.3, -0.25) is 4.79 Å². The number of fused-ring (bicyclic) bond motifs is 1. The fourth-order valence-corrected chi connectivity index (χ4v) is 3.24. The van der Waals surface area contributed by atoms with Crippen LogP contribution in [0.2, 0.25) is 0 Å². The molecular formula is C22H20FNO4. The molecule has 0 bridgehead atoms. The number of hydrogen-bond donors (Lipinski definition) is 1. The first-order valence-corrected chi connectivity index (χ1v) is 9.13. The molecule has 0 saturated heterocycles. The van der Waals surface area contributed by atoms with Gasteiger partial charge in [0.2, 0.25) is 12.7 Å². The van der Waals surface area contributed by atoms with Crippen LogP contribution in [0.3, 0.4) is 0 Å². The Morgan fingerprint density at radius 1 is 1.07 bits per heavy atom. The third-order valence-corrected chi connectivity index (χ3v) is 4.72. The summed E-state index contributed by atoms with van der Waals surface area (Å²) in [6, 6.07) is 15.4. The molecule has 0 radical (unpaired) electrons. The number of benzene rings is 2. The molecule has 1 N–H and O–H groups in total. The second-order valence-electron chi connectivity index (χ2n) is 6.62. The Morgan fingerprint density at radius 2 is 1.89 bits per heavy atom. The molecule has 6 heteroatoms. The first-order chi connectivity index (χ1) is 13.7. The molecular weight excluding hydrogens is 361 g/mol. The van der Waals surface area contributed by atoms with Crippen LogP contribution in [0.25, 0.3) is 0 Å². The van der Waals surface area contributed by atoms with Crippen molar-refractivity contribution in [3.05, 3.63) is 83.6 Å². The largest absolute Gasteiger partial charge is 0.469 e. The van der Waals surface area contributed by atoms with E-state index >= 15 is 0 Å². The number of hydrogen-bond acceptors (Lipinski definition) is 4. The van der Waals surface area contributed by atoms with E-state index in [9.17, 15) is 9.18 Å². The van der Waals surface area contributed by atoms with Gasteiger partial charge in [-0.05, 0) is 53.9 Å². The number of ether oxygens (including phenoxy) is 2. The fraction of sp³-hybridized carbons (Fsp3) is 0.227. The van der Waals surface area contributed by atoms with Crippen LogP contribution in [0.15, 0.2) is 65.3 Å². The highest BCUT2D eigenvalue weighted by Gasteiger charge is 2.22. The lowest BCUT2D eigenvalue weighted by molar-refractivity contribution is -0.122. The molecule has 5 nitrogen and oxygen atoms in total. The van der Waals surface area contributed by atoms with Crippen LogP contribution in [-0.2, 0) is 17.6 Å². The van der Waals surface area contributed by atoms with Gasteiger partial charge in [0, 0.05) is 13.0 Å². The lowest BCUT2D eigenvalue weighted by Crippen LogP contribution is -2.32. The maximum Gasteiger partial charge on any atom is 0.231 e. The fourth-order valence-electron chi connectivity index (χ4n) is 3.24. The molecule has 144 valence electrons. The molecule has 1 atom stereocenters. The molecule has 3 aromatic rings. The maximum absolute atomic E-state index is 13.3. The van der Waals surface area contributed by atoms with Gasteiger partial charge in [0.1, 0.15) is 11.6 Å². The average Bonchev–Trinajstić information content (AvgIpc) is 3.38. The Hall–Kier alpha value is -3.28. The first kappa shape index (κ1) is 18.1. The normalized spacial score (nSPS) is 13.3. The number of rotatable bonds is 7. The Kier molecular flexibility index (Phi) is 5.28. The number of amides is 1. The smallest absolute Gasteiger partial charge is 0.231 e. The Bertz CT molecular complexity index is 938. The van der Waals surface area contributed by atoms with Crippen molar-refractivity contribution in [2.24, 2.45) is 0 Å². The summed E-state index contributed by atoms with van der Waals surface area (Å²) in [4.78, 5) is 12.8. The van der Waals surface area contributed by atoms with Crippen molar-refractivity contribution in [3.63, 3.8) is 0 Å². The van der Waals surface area contributed by atoms with Gasteiger partial charge in [0.15, 0.2) is 11.5 Å². The minimum Gasteiger partial charge on any atom is -0.469 e. The number of carbonyl (C=O) groups is 1. The van der Waals surface area contributed by atoms with E-state index in [2.05, 4.69) is 5.32 Å². The molecule has 2 aromatic carbocycles. The minimum atomic E-state index is -0.455. The Balaban J connectivity index is 1.41. The van der Waals surface area contributed by atoms with Crippen molar-refractivity contribution in [3.8, 4) is 11.5 Å². The van der Waals surface area contributed by atoms with E-state index in [0.717, 1.165) is 22.6 Å². The first-order valence-electron chi connectivity index (χ1n) is 9.13. The Labute approximate surface area is 162 Å². The molecule has 0 saturated carbocycles. The van der Waals surface area contributed by atoms with Crippen LogP contribution < -0.4 is 14.8 Å². The molecule has 1 unspecified atom stereocenters. The van der Waals surface area contributed by atoms with Gasteiger partial charge in [-0.25, -0.2) is 4.39 Å². The van der Waals surface area contributed by atoms with Crippen LogP contribution >= 0.6 is 0 Å². The van der Waals surface area contributed by atoms with E-state index in [1.165, 1.54) is 12.1 Å². The van der Waals surface area contributed by atoms with Gasteiger partial charge in [-0.2, -0.15) is 0 Å².